The molecule has 0 aromatic heterocycles. The quantitative estimate of drug-likeness (QED) is 0.571. The summed E-state index contributed by atoms with van der Waals surface area (Å²) < 4.78 is 0. The average Bonchev–Trinajstić information content (AvgIpc) is 2.15. The molecule has 0 fully saturated rings. The number of hydrogen-bond acceptors (Lipinski definition) is 2. The zero-order valence-corrected chi connectivity index (χ0v) is 11.0. The molecule has 5 heteroatoms. The van der Waals surface area contributed by atoms with Crippen molar-refractivity contribution >= 4 is 12.0 Å². The first-order valence-corrected chi connectivity index (χ1v) is 6.11. The molecule has 0 rings (SSSR count). The lowest BCUT2D eigenvalue weighted by atomic mass is 9.81. The third kappa shape index (κ3) is 6.14. The van der Waals surface area contributed by atoms with Gasteiger partial charge in [-0.2, -0.15) is 0 Å². The Hall–Kier alpha value is -1.26. The van der Waals surface area contributed by atoms with Crippen molar-refractivity contribution in [1.29, 1.82) is 0 Å². The van der Waals surface area contributed by atoms with E-state index >= 15 is 0 Å². The lowest BCUT2D eigenvalue weighted by molar-refractivity contribution is -0.139. The van der Waals surface area contributed by atoms with Gasteiger partial charge in [0.1, 0.15) is 0 Å². The summed E-state index contributed by atoms with van der Waals surface area (Å²) >= 11 is 0. The van der Waals surface area contributed by atoms with Crippen LogP contribution >= 0.6 is 0 Å². The molecule has 5 nitrogen and oxygen atoms in total. The molecular weight excluding hydrogens is 220 g/mol. The van der Waals surface area contributed by atoms with Crippen molar-refractivity contribution in [1.82, 2.24) is 5.32 Å². The van der Waals surface area contributed by atoms with Crippen molar-refractivity contribution < 1.29 is 14.7 Å². The summed E-state index contributed by atoms with van der Waals surface area (Å²) in [6.45, 7) is 5.81. The molecule has 0 heterocycles. The first-order valence-electron chi connectivity index (χ1n) is 6.11. The van der Waals surface area contributed by atoms with Crippen LogP contribution in [0.2, 0.25) is 0 Å². The van der Waals surface area contributed by atoms with Crippen molar-refractivity contribution in [2.24, 2.45) is 11.7 Å². The van der Waals surface area contributed by atoms with Crippen molar-refractivity contribution in [3.63, 3.8) is 0 Å². The number of nitrogens with one attached hydrogen (secondary N) is 1. The SMILES string of the molecule is CCCCCC(C)C(C)(CC(=O)O)NC(N)=O. The third-order valence-electron chi connectivity index (χ3n) is 3.26. The number of hydrogen-bond donors (Lipinski definition) is 3. The van der Waals surface area contributed by atoms with Gasteiger partial charge in [0.25, 0.3) is 0 Å². The maximum atomic E-state index is 10.9. The monoisotopic (exact) mass is 244 g/mol. The molecule has 0 aliphatic heterocycles. The van der Waals surface area contributed by atoms with Crippen LogP contribution in [0.3, 0.4) is 0 Å². The molecule has 0 aromatic rings. The number of nitrogens with two attached hydrogens (primary N) is 1. The number of carboxylic acids is 1. The Labute approximate surface area is 103 Å². The van der Waals surface area contributed by atoms with Crippen LogP contribution in [0.4, 0.5) is 4.79 Å². The molecule has 0 aliphatic carbocycles. The van der Waals surface area contributed by atoms with Crippen LogP contribution in [0.1, 0.15) is 52.9 Å². The van der Waals surface area contributed by atoms with Gasteiger partial charge in [0, 0.05) is 0 Å². The second-order valence-electron chi connectivity index (χ2n) is 4.87. The fourth-order valence-electron chi connectivity index (χ4n) is 1.96. The van der Waals surface area contributed by atoms with E-state index in [4.69, 9.17) is 10.8 Å². The highest BCUT2D eigenvalue weighted by molar-refractivity contribution is 5.75. The fraction of sp³-hybridized carbons (Fsp3) is 0.833. The Morgan fingerprint density at radius 1 is 1.41 bits per heavy atom. The molecule has 17 heavy (non-hydrogen) atoms. The number of aliphatic carboxylic acids is 1. The van der Waals surface area contributed by atoms with Gasteiger partial charge in [0.15, 0.2) is 0 Å². The molecule has 2 amide bonds. The van der Waals surface area contributed by atoms with Crippen molar-refractivity contribution in [2.45, 2.75) is 58.4 Å². The molecule has 0 spiro atoms. The molecule has 100 valence electrons. The number of amides is 2. The predicted molar refractivity (Wildman–Crippen MR) is 66.7 cm³/mol. The Bertz CT molecular complexity index is 250. The maximum Gasteiger partial charge on any atom is 0.312 e. The average molecular weight is 244 g/mol. The largest absolute Gasteiger partial charge is 0.481 e. The second-order valence-corrected chi connectivity index (χ2v) is 4.87. The summed E-state index contributed by atoms with van der Waals surface area (Å²) in [5.74, 6) is -0.846. The zero-order valence-electron chi connectivity index (χ0n) is 11.0. The van der Waals surface area contributed by atoms with Gasteiger partial charge in [-0.05, 0) is 19.3 Å². The molecule has 0 bridgehead atoms. The van der Waals surface area contributed by atoms with E-state index in [-0.39, 0.29) is 12.3 Å². The molecule has 0 radical (unpaired) electrons. The van der Waals surface area contributed by atoms with Gasteiger partial charge < -0.3 is 16.2 Å². The fourth-order valence-corrected chi connectivity index (χ4v) is 1.96. The Balaban J connectivity index is 4.53. The smallest absolute Gasteiger partial charge is 0.312 e. The number of rotatable bonds is 8. The number of carboxylic acid groups (broad SMARTS) is 1. The van der Waals surface area contributed by atoms with Crippen LogP contribution in [-0.4, -0.2) is 22.6 Å². The Morgan fingerprint density at radius 3 is 2.41 bits per heavy atom. The first-order chi connectivity index (χ1) is 7.81. The van der Waals surface area contributed by atoms with Crippen molar-refractivity contribution in [2.75, 3.05) is 0 Å². The normalized spacial score (nSPS) is 15.9. The number of urea groups is 1. The minimum atomic E-state index is -0.927. The van der Waals surface area contributed by atoms with Crippen LogP contribution in [0.15, 0.2) is 0 Å². The highest BCUT2D eigenvalue weighted by atomic mass is 16.4. The van der Waals surface area contributed by atoms with Crippen molar-refractivity contribution in [3.8, 4) is 0 Å². The summed E-state index contributed by atoms with van der Waals surface area (Å²) in [7, 11) is 0. The minimum Gasteiger partial charge on any atom is -0.481 e. The van der Waals surface area contributed by atoms with Crippen molar-refractivity contribution in [3.05, 3.63) is 0 Å². The van der Waals surface area contributed by atoms with Gasteiger partial charge in [-0.1, -0.05) is 33.1 Å². The Morgan fingerprint density at radius 2 is 2.00 bits per heavy atom. The summed E-state index contributed by atoms with van der Waals surface area (Å²) in [4.78, 5) is 21.8. The molecule has 2 unspecified atom stereocenters. The van der Waals surface area contributed by atoms with E-state index in [1.54, 1.807) is 6.92 Å². The molecular formula is C12H24N2O3. The van der Waals surface area contributed by atoms with E-state index < -0.39 is 17.5 Å². The van der Waals surface area contributed by atoms with Crippen LogP contribution in [0.5, 0.6) is 0 Å². The van der Waals surface area contributed by atoms with Gasteiger partial charge in [-0.3, -0.25) is 4.79 Å². The lowest BCUT2D eigenvalue weighted by Gasteiger charge is -2.35. The van der Waals surface area contributed by atoms with Gasteiger partial charge >= 0.3 is 12.0 Å². The van der Waals surface area contributed by atoms with E-state index in [0.717, 1.165) is 25.7 Å². The summed E-state index contributed by atoms with van der Waals surface area (Å²) in [5.41, 5.74) is 4.33. The number of carbonyl (C=O) groups excluding carboxylic acids is 1. The molecule has 0 aromatic carbocycles. The zero-order chi connectivity index (χ0) is 13.5. The van der Waals surface area contributed by atoms with Gasteiger partial charge in [0.2, 0.25) is 0 Å². The van der Waals surface area contributed by atoms with E-state index in [2.05, 4.69) is 12.2 Å². The number of unbranched alkanes of at least 4 members (excludes halogenated alkanes) is 2. The summed E-state index contributed by atoms with van der Waals surface area (Å²) in [6.07, 6.45) is 4.05. The number of primary amides is 1. The molecule has 0 aliphatic rings. The molecule has 0 saturated heterocycles. The highest BCUT2D eigenvalue weighted by Crippen LogP contribution is 2.26. The topological polar surface area (TPSA) is 92.4 Å². The van der Waals surface area contributed by atoms with Gasteiger partial charge in [-0.15, -0.1) is 0 Å². The van der Waals surface area contributed by atoms with E-state index in [0.29, 0.717) is 0 Å². The predicted octanol–water partition coefficient (Wildman–Crippen LogP) is 2.10. The summed E-state index contributed by atoms with van der Waals surface area (Å²) in [5, 5.41) is 11.5. The highest BCUT2D eigenvalue weighted by Gasteiger charge is 2.34. The second kappa shape index (κ2) is 7.14. The standard InChI is InChI=1S/C12H24N2O3/c1-4-5-6-7-9(2)12(3,8-10(15)16)14-11(13)17/h9H,4-8H2,1-3H3,(H,15,16)(H3,13,14,17). The molecule has 4 N–H and O–H groups in total. The van der Waals surface area contributed by atoms with Crippen LogP contribution in [0, 0.1) is 5.92 Å². The maximum absolute atomic E-state index is 10.9. The number of carbonyl (C=O) groups is 2. The molecule has 0 saturated carbocycles. The van der Waals surface area contributed by atoms with Gasteiger partial charge in [-0.25, -0.2) is 4.79 Å². The van der Waals surface area contributed by atoms with Gasteiger partial charge in [0.05, 0.1) is 12.0 Å². The van der Waals surface area contributed by atoms with Crippen LogP contribution < -0.4 is 11.1 Å². The van der Waals surface area contributed by atoms with Crippen LogP contribution in [0.25, 0.3) is 0 Å². The minimum absolute atomic E-state index is 0.0812. The van der Waals surface area contributed by atoms with Crippen LogP contribution in [-0.2, 0) is 4.79 Å². The molecule has 2 atom stereocenters. The van der Waals surface area contributed by atoms with E-state index in [9.17, 15) is 9.59 Å². The summed E-state index contributed by atoms with van der Waals surface area (Å²) in [6, 6.07) is -0.670. The Kier molecular flexibility index (Phi) is 6.61. The lowest BCUT2D eigenvalue weighted by Crippen LogP contribution is -2.53. The third-order valence-corrected chi connectivity index (χ3v) is 3.26. The van der Waals surface area contributed by atoms with E-state index in [1.165, 1.54) is 0 Å². The first kappa shape index (κ1) is 15.7. The van der Waals surface area contributed by atoms with E-state index in [1.807, 2.05) is 6.92 Å².